The molecule has 4 aromatic rings. The molecule has 1 aliphatic carbocycles. The lowest BCUT2D eigenvalue weighted by molar-refractivity contribution is 0.185. The number of hydrogen-bond donors (Lipinski definition) is 0. The third-order valence-corrected chi connectivity index (χ3v) is 7.40. The Morgan fingerprint density at radius 1 is 0.432 bits per heavy atom. The summed E-state index contributed by atoms with van der Waals surface area (Å²) in [4.78, 5) is 19.2. The highest BCUT2D eigenvalue weighted by Gasteiger charge is 2.54. The van der Waals surface area contributed by atoms with E-state index in [1.807, 2.05) is 79.7 Å². The molecule has 1 aliphatic rings. The predicted octanol–water partition coefficient (Wildman–Crippen LogP) is 7.86. The van der Waals surface area contributed by atoms with E-state index in [-0.39, 0.29) is 48.1 Å². The first-order valence-corrected chi connectivity index (χ1v) is 15.6. The zero-order valence-corrected chi connectivity index (χ0v) is 27.0. The molecule has 0 radical (unpaired) electrons. The first-order chi connectivity index (χ1) is 21.1. The fraction of sp³-hybridized carbons (Fsp3) is 0.444. The summed E-state index contributed by atoms with van der Waals surface area (Å²) in [6, 6.07) is 25.7. The van der Waals surface area contributed by atoms with E-state index < -0.39 is 0 Å². The first-order valence-electron chi connectivity index (χ1n) is 15.6. The molecule has 1 saturated carbocycles. The van der Waals surface area contributed by atoms with Gasteiger partial charge < -0.3 is 18.9 Å². The smallest absolute Gasteiger partial charge is 0.320 e. The Labute approximate surface area is 261 Å². The van der Waals surface area contributed by atoms with Crippen LogP contribution in [0.1, 0.15) is 102 Å². The van der Waals surface area contributed by atoms with Crippen molar-refractivity contribution in [2.24, 2.45) is 0 Å². The van der Waals surface area contributed by atoms with Crippen LogP contribution in [0.3, 0.4) is 0 Å². The molecule has 8 nitrogen and oxygen atoms in total. The molecule has 2 aromatic carbocycles. The number of rotatable bonds is 12. The van der Waals surface area contributed by atoms with E-state index in [1.54, 1.807) is 0 Å². The van der Waals surface area contributed by atoms with Gasteiger partial charge in [-0.1, -0.05) is 60.7 Å². The molecule has 5 rings (SSSR count). The third kappa shape index (κ3) is 7.29. The van der Waals surface area contributed by atoms with E-state index in [1.165, 1.54) is 11.1 Å². The molecule has 2 heterocycles. The topological polar surface area (TPSA) is 88.5 Å². The highest BCUT2D eigenvalue weighted by molar-refractivity contribution is 5.47. The summed E-state index contributed by atoms with van der Waals surface area (Å²) in [7, 11) is 0. The Bertz CT molecular complexity index is 1330. The molecule has 0 aliphatic heterocycles. The van der Waals surface area contributed by atoms with Crippen molar-refractivity contribution in [3.63, 3.8) is 0 Å². The highest BCUT2D eigenvalue weighted by Crippen LogP contribution is 2.66. The maximum absolute atomic E-state index is 6.11. The van der Waals surface area contributed by atoms with E-state index in [0.717, 1.165) is 11.4 Å². The van der Waals surface area contributed by atoms with Crippen LogP contribution in [0.25, 0.3) is 0 Å². The summed E-state index contributed by atoms with van der Waals surface area (Å²) < 4.78 is 24.3. The van der Waals surface area contributed by atoms with Crippen LogP contribution < -0.4 is 18.9 Å². The van der Waals surface area contributed by atoms with Gasteiger partial charge in [-0.15, -0.1) is 0 Å². The van der Waals surface area contributed by atoms with Gasteiger partial charge in [0.1, 0.15) is 0 Å². The van der Waals surface area contributed by atoms with Crippen LogP contribution in [0, 0.1) is 0 Å². The highest BCUT2D eigenvalue weighted by atomic mass is 16.5. The molecule has 0 spiro atoms. The second-order valence-electron chi connectivity index (χ2n) is 12.4. The normalized spacial score (nSPS) is 19.7. The molecular weight excluding hydrogens is 552 g/mol. The Kier molecular flexibility index (Phi) is 9.67. The van der Waals surface area contributed by atoms with Crippen molar-refractivity contribution >= 4 is 0 Å². The molecule has 8 heteroatoms. The summed E-state index contributed by atoms with van der Waals surface area (Å²) in [5.74, 6) is 1.04. The largest absolute Gasteiger partial charge is 0.475 e. The molecular formula is C36H44N4O4. The summed E-state index contributed by atoms with van der Waals surface area (Å²) in [5.41, 5.74) is 4.14. The van der Waals surface area contributed by atoms with Gasteiger partial charge >= 0.3 is 12.0 Å². The van der Waals surface area contributed by atoms with Crippen molar-refractivity contribution in [2.75, 3.05) is 0 Å². The van der Waals surface area contributed by atoms with E-state index in [4.69, 9.17) is 28.9 Å². The quantitative estimate of drug-likeness (QED) is 0.163. The van der Waals surface area contributed by atoms with Crippen LogP contribution in [0.15, 0.2) is 72.8 Å². The van der Waals surface area contributed by atoms with Crippen LogP contribution >= 0.6 is 0 Å². The lowest BCUT2D eigenvalue weighted by Crippen LogP contribution is -2.41. The second kappa shape index (κ2) is 13.6. The maximum atomic E-state index is 6.11. The van der Waals surface area contributed by atoms with Crippen LogP contribution in [0.4, 0.5) is 0 Å². The summed E-state index contributed by atoms with van der Waals surface area (Å²) in [5, 5.41) is 0. The van der Waals surface area contributed by atoms with Crippen molar-refractivity contribution in [3.05, 3.63) is 95.3 Å². The minimum absolute atomic E-state index is 0.0178. The molecule has 0 unspecified atom stereocenters. The number of benzene rings is 2. The Morgan fingerprint density at radius 2 is 0.773 bits per heavy atom. The number of hydrogen-bond acceptors (Lipinski definition) is 8. The Balaban J connectivity index is 1.71. The van der Waals surface area contributed by atoms with Crippen molar-refractivity contribution < 1.29 is 18.9 Å². The molecule has 0 N–H and O–H groups in total. The fourth-order valence-corrected chi connectivity index (χ4v) is 5.98. The minimum Gasteiger partial charge on any atom is -0.475 e. The number of aromatic nitrogens is 4. The molecule has 44 heavy (non-hydrogen) atoms. The van der Waals surface area contributed by atoms with Crippen LogP contribution in [-0.2, 0) is 0 Å². The van der Waals surface area contributed by atoms with Gasteiger partial charge in [-0.3, -0.25) is 0 Å². The van der Waals surface area contributed by atoms with Gasteiger partial charge in [-0.2, -0.15) is 19.9 Å². The van der Waals surface area contributed by atoms with Gasteiger partial charge in [0, 0.05) is 35.8 Å². The second-order valence-corrected chi connectivity index (χ2v) is 12.4. The standard InChI is InChI=1S/C36H44N4O4/c1-21(2)41-29-19-27(37-35(39-29)43-23(5)6)33-31(25-15-11-9-12-16-25)34(32(33)26-17-13-10-14-18-26)28-20-30(42-22(3)4)40-36(38-28)44-24(7)8/h9-24,31-34H,1-8H3/t31-,32-,33-,34+. The van der Waals surface area contributed by atoms with E-state index in [0.29, 0.717) is 23.8 Å². The monoisotopic (exact) mass is 596 g/mol. The molecule has 2 aromatic heterocycles. The Hall–Kier alpha value is -4.20. The lowest BCUT2D eigenvalue weighted by Gasteiger charge is -2.52. The van der Waals surface area contributed by atoms with Gasteiger partial charge in [0.25, 0.3) is 0 Å². The van der Waals surface area contributed by atoms with Gasteiger partial charge in [-0.05, 0) is 66.5 Å². The summed E-state index contributed by atoms with van der Waals surface area (Å²) in [6.45, 7) is 15.9. The van der Waals surface area contributed by atoms with Gasteiger partial charge in [-0.25, -0.2) is 0 Å². The number of nitrogens with zero attached hydrogens (tertiary/aromatic N) is 4. The van der Waals surface area contributed by atoms with Crippen molar-refractivity contribution in [2.45, 2.75) is 103 Å². The van der Waals surface area contributed by atoms with Crippen molar-refractivity contribution in [1.82, 2.24) is 19.9 Å². The molecule has 0 amide bonds. The van der Waals surface area contributed by atoms with Gasteiger partial charge in [0.2, 0.25) is 11.8 Å². The van der Waals surface area contributed by atoms with Crippen LogP contribution in [-0.4, -0.2) is 44.4 Å². The third-order valence-electron chi connectivity index (χ3n) is 7.40. The fourth-order valence-electron chi connectivity index (χ4n) is 5.98. The lowest BCUT2D eigenvalue weighted by atomic mass is 9.50. The van der Waals surface area contributed by atoms with Gasteiger partial charge in [0.15, 0.2) is 0 Å². The number of ether oxygens (including phenoxy) is 4. The van der Waals surface area contributed by atoms with Crippen molar-refractivity contribution in [1.29, 1.82) is 0 Å². The molecule has 232 valence electrons. The maximum Gasteiger partial charge on any atom is 0.320 e. The average molecular weight is 597 g/mol. The molecule has 1 fully saturated rings. The van der Waals surface area contributed by atoms with E-state index >= 15 is 0 Å². The van der Waals surface area contributed by atoms with E-state index in [2.05, 4.69) is 58.5 Å². The summed E-state index contributed by atoms with van der Waals surface area (Å²) in [6.07, 6.45) is -0.261. The van der Waals surface area contributed by atoms with Crippen molar-refractivity contribution in [3.8, 4) is 23.8 Å². The molecule has 0 bridgehead atoms. The zero-order valence-electron chi connectivity index (χ0n) is 27.0. The Morgan fingerprint density at radius 3 is 1.09 bits per heavy atom. The minimum atomic E-state index is -0.0825. The summed E-state index contributed by atoms with van der Waals surface area (Å²) >= 11 is 0. The SMILES string of the molecule is CC(C)Oc1cc([C@H]2[C@H](c3ccccc3)[C@@H](c3cc(OC(C)C)nc(OC(C)C)n3)[C@H]2c2ccccc2)nc(OC(C)C)n1. The molecule has 0 atom stereocenters. The van der Waals surface area contributed by atoms with E-state index in [9.17, 15) is 0 Å². The molecule has 0 saturated heterocycles. The first kappa shape index (κ1) is 31.2. The van der Waals surface area contributed by atoms with Crippen LogP contribution in [0.2, 0.25) is 0 Å². The van der Waals surface area contributed by atoms with Gasteiger partial charge in [0.05, 0.1) is 35.8 Å². The predicted molar refractivity (Wildman–Crippen MR) is 171 cm³/mol. The zero-order chi connectivity index (χ0) is 31.4. The average Bonchev–Trinajstić information content (AvgIpc) is 2.92. The van der Waals surface area contributed by atoms with Crippen LogP contribution in [0.5, 0.6) is 23.8 Å².